The molecule has 0 aliphatic carbocycles. The number of carbonyl (C=O) groups is 2. The molecule has 1 aliphatic heterocycles. The van der Waals surface area contributed by atoms with Gasteiger partial charge in [-0.15, -0.1) is 0 Å². The molecule has 0 bridgehead atoms. The van der Waals surface area contributed by atoms with Gasteiger partial charge in [-0.3, -0.25) is 9.48 Å². The topological polar surface area (TPSA) is 70.5 Å². The Morgan fingerprint density at radius 3 is 2.32 bits per heavy atom. The van der Waals surface area contributed by atoms with Gasteiger partial charge in [0, 0.05) is 56.1 Å². The fourth-order valence-electron chi connectivity index (χ4n) is 4.01. The Morgan fingerprint density at radius 2 is 1.65 bits per heavy atom. The zero-order chi connectivity index (χ0) is 23.9. The van der Waals surface area contributed by atoms with Crippen molar-refractivity contribution >= 4 is 18.0 Å². The van der Waals surface area contributed by atoms with E-state index in [1.54, 1.807) is 15.9 Å². The molecule has 34 heavy (non-hydrogen) atoms. The summed E-state index contributed by atoms with van der Waals surface area (Å²) < 4.78 is 1.92. The van der Waals surface area contributed by atoms with E-state index < -0.39 is 0 Å². The highest BCUT2D eigenvalue weighted by Crippen LogP contribution is 2.24. The van der Waals surface area contributed by atoms with Gasteiger partial charge in [-0.1, -0.05) is 60.2 Å². The first kappa shape index (κ1) is 23.3. The van der Waals surface area contributed by atoms with Crippen molar-refractivity contribution in [3.63, 3.8) is 0 Å². The molecule has 1 fully saturated rings. The molecule has 1 saturated heterocycles. The number of amides is 3. The zero-order valence-corrected chi connectivity index (χ0v) is 19.8. The predicted octanol–water partition coefficient (Wildman–Crippen LogP) is 3.79. The number of rotatable bonds is 6. The van der Waals surface area contributed by atoms with Gasteiger partial charge in [0.05, 0.1) is 12.2 Å². The Bertz CT molecular complexity index is 1140. The van der Waals surface area contributed by atoms with Crippen molar-refractivity contribution in [3.05, 3.63) is 83.6 Å². The van der Waals surface area contributed by atoms with E-state index in [0.29, 0.717) is 39.3 Å². The van der Waals surface area contributed by atoms with Gasteiger partial charge in [-0.2, -0.15) is 5.10 Å². The number of hydrogen-bond donors (Lipinski definition) is 1. The fraction of sp³-hybridized carbons (Fsp3) is 0.296. The van der Waals surface area contributed by atoms with E-state index in [4.69, 9.17) is 5.10 Å². The highest BCUT2D eigenvalue weighted by atomic mass is 16.2. The smallest absolute Gasteiger partial charge is 0.317 e. The first-order valence-electron chi connectivity index (χ1n) is 11.7. The van der Waals surface area contributed by atoms with Crippen LogP contribution in [0, 0.1) is 6.92 Å². The van der Waals surface area contributed by atoms with Crippen LogP contribution in [-0.4, -0.2) is 64.2 Å². The molecule has 0 atom stereocenters. The minimum atomic E-state index is -0.0706. The monoisotopic (exact) mass is 457 g/mol. The van der Waals surface area contributed by atoms with Crippen molar-refractivity contribution in [2.24, 2.45) is 0 Å². The lowest BCUT2D eigenvalue weighted by Gasteiger charge is -2.34. The Kier molecular flexibility index (Phi) is 7.42. The van der Waals surface area contributed by atoms with Crippen LogP contribution >= 0.6 is 0 Å². The summed E-state index contributed by atoms with van der Waals surface area (Å²) in [6.45, 7) is 7.34. The van der Waals surface area contributed by atoms with Crippen LogP contribution in [0.3, 0.4) is 0 Å². The van der Waals surface area contributed by atoms with E-state index in [-0.39, 0.29) is 11.9 Å². The molecular weight excluding hydrogens is 426 g/mol. The SMILES string of the molecule is CCNC(=O)N1CCN(C(=O)/C=C/c2cn(Cc3ccccc3)nc2-c2ccc(C)cc2)CC1. The third-order valence-electron chi connectivity index (χ3n) is 5.91. The Balaban J connectivity index is 1.50. The largest absolute Gasteiger partial charge is 0.338 e. The molecule has 2 heterocycles. The van der Waals surface area contributed by atoms with E-state index in [9.17, 15) is 9.59 Å². The van der Waals surface area contributed by atoms with Gasteiger partial charge < -0.3 is 15.1 Å². The molecule has 4 rings (SSSR count). The lowest BCUT2D eigenvalue weighted by atomic mass is 10.1. The van der Waals surface area contributed by atoms with Crippen molar-refractivity contribution in [1.29, 1.82) is 0 Å². The Hall–Kier alpha value is -3.87. The first-order valence-corrected chi connectivity index (χ1v) is 11.7. The standard InChI is InChI=1S/C27H31N5O2/c1-3-28-27(34)31-17-15-30(16-18-31)25(33)14-13-24-20-32(19-22-7-5-4-6-8-22)29-26(24)23-11-9-21(2)10-12-23/h4-14,20H,3,15-19H2,1-2H3,(H,28,34)/b14-13+. The summed E-state index contributed by atoms with van der Waals surface area (Å²) in [5.41, 5.74) is 5.11. The average Bonchev–Trinajstić information content (AvgIpc) is 3.26. The lowest BCUT2D eigenvalue weighted by molar-refractivity contribution is -0.127. The van der Waals surface area contributed by atoms with Crippen molar-refractivity contribution < 1.29 is 9.59 Å². The van der Waals surface area contributed by atoms with E-state index >= 15 is 0 Å². The number of benzene rings is 2. The molecular formula is C27H31N5O2. The number of aryl methyl sites for hydroxylation is 1. The molecule has 0 unspecified atom stereocenters. The molecule has 3 amide bonds. The maximum Gasteiger partial charge on any atom is 0.317 e. The quantitative estimate of drug-likeness (QED) is 0.573. The molecule has 1 aliphatic rings. The third kappa shape index (κ3) is 5.73. The Labute approximate surface area is 200 Å². The van der Waals surface area contributed by atoms with Crippen LogP contribution in [0.1, 0.15) is 23.6 Å². The van der Waals surface area contributed by atoms with Crippen molar-refractivity contribution in [3.8, 4) is 11.3 Å². The van der Waals surface area contributed by atoms with E-state index in [0.717, 1.165) is 22.4 Å². The van der Waals surface area contributed by atoms with Gasteiger partial charge in [0.2, 0.25) is 5.91 Å². The molecule has 1 N–H and O–H groups in total. The minimum Gasteiger partial charge on any atom is -0.338 e. The molecule has 0 spiro atoms. The van der Waals surface area contributed by atoms with Gasteiger partial charge in [0.25, 0.3) is 0 Å². The molecule has 7 nitrogen and oxygen atoms in total. The van der Waals surface area contributed by atoms with Crippen LogP contribution in [0.4, 0.5) is 4.79 Å². The first-order chi connectivity index (χ1) is 16.5. The predicted molar refractivity (Wildman–Crippen MR) is 134 cm³/mol. The minimum absolute atomic E-state index is 0.0544. The molecule has 0 radical (unpaired) electrons. The highest BCUT2D eigenvalue weighted by Gasteiger charge is 2.22. The van der Waals surface area contributed by atoms with Crippen LogP contribution in [0.5, 0.6) is 0 Å². The number of urea groups is 1. The van der Waals surface area contributed by atoms with Gasteiger partial charge in [-0.25, -0.2) is 4.79 Å². The molecule has 0 saturated carbocycles. The van der Waals surface area contributed by atoms with E-state index in [1.807, 2.05) is 42.1 Å². The lowest BCUT2D eigenvalue weighted by Crippen LogP contribution is -2.52. The number of hydrogen-bond acceptors (Lipinski definition) is 3. The molecule has 7 heteroatoms. The maximum atomic E-state index is 12.9. The second-order valence-corrected chi connectivity index (χ2v) is 8.46. The van der Waals surface area contributed by atoms with Crippen LogP contribution in [0.15, 0.2) is 66.9 Å². The second kappa shape index (κ2) is 10.8. The van der Waals surface area contributed by atoms with Crippen molar-refractivity contribution in [1.82, 2.24) is 24.9 Å². The van der Waals surface area contributed by atoms with Crippen LogP contribution in [0.25, 0.3) is 17.3 Å². The number of piperazine rings is 1. The number of nitrogens with zero attached hydrogens (tertiary/aromatic N) is 4. The summed E-state index contributed by atoms with van der Waals surface area (Å²) in [4.78, 5) is 28.4. The average molecular weight is 458 g/mol. The van der Waals surface area contributed by atoms with Crippen molar-refractivity contribution in [2.45, 2.75) is 20.4 Å². The van der Waals surface area contributed by atoms with Gasteiger partial charge in [-0.05, 0) is 25.5 Å². The number of aromatic nitrogens is 2. The van der Waals surface area contributed by atoms with Crippen LogP contribution < -0.4 is 5.32 Å². The van der Waals surface area contributed by atoms with Crippen molar-refractivity contribution in [2.75, 3.05) is 32.7 Å². The van der Waals surface area contributed by atoms with Gasteiger partial charge in [0.1, 0.15) is 0 Å². The van der Waals surface area contributed by atoms with E-state index in [2.05, 4.69) is 48.6 Å². The molecule has 1 aromatic heterocycles. The second-order valence-electron chi connectivity index (χ2n) is 8.46. The fourth-order valence-corrected chi connectivity index (χ4v) is 4.01. The summed E-state index contributed by atoms with van der Waals surface area (Å²) >= 11 is 0. The summed E-state index contributed by atoms with van der Waals surface area (Å²) in [7, 11) is 0. The van der Waals surface area contributed by atoms with Gasteiger partial charge in [0.15, 0.2) is 0 Å². The number of carbonyl (C=O) groups excluding carboxylic acids is 2. The zero-order valence-electron chi connectivity index (χ0n) is 19.8. The maximum absolute atomic E-state index is 12.9. The summed E-state index contributed by atoms with van der Waals surface area (Å²) in [6.07, 6.45) is 5.45. The van der Waals surface area contributed by atoms with Crippen LogP contribution in [0.2, 0.25) is 0 Å². The number of nitrogens with one attached hydrogen (secondary N) is 1. The van der Waals surface area contributed by atoms with E-state index in [1.165, 1.54) is 5.56 Å². The molecule has 2 aromatic carbocycles. The molecule has 176 valence electrons. The Morgan fingerprint density at radius 1 is 0.971 bits per heavy atom. The summed E-state index contributed by atoms with van der Waals surface area (Å²) in [5.74, 6) is -0.0544. The normalized spacial score (nSPS) is 13.9. The third-order valence-corrected chi connectivity index (χ3v) is 5.91. The molecule has 3 aromatic rings. The highest BCUT2D eigenvalue weighted by molar-refractivity contribution is 5.93. The van der Waals surface area contributed by atoms with Gasteiger partial charge >= 0.3 is 6.03 Å². The summed E-state index contributed by atoms with van der Waals surface area (Å²) in [5, 5.41) is 7.64. The summed E-state index contributed by atoms with van der Waals surface area (Å²) in [6, 6.07) is 18.4. The van der Waals surface area contributed by atoms with Crippen LogP contribution in [-0.2, 0) is 11.3 Å².